The first-order valence-electron chi connectivity index (χ1n) is 6.78. The fourth-order valence-corrected chi connectivity index (χ4v) is 3.22. The van der Waals surface area contributed by atoms with Gasteiger partial charge in [0.05, 0.1) is 0 Å². The molecule has 21 heavy (non-hydrogen) atoms. The summed E-state index contributed by atoms with van der Waals surface area (Å²) in [6.45, 7) is 2.23. The number of halogens is 1. The van der Waals surface area contributed by atoms with Crippen molar-refractivity contribution < 1.29 is 9.59 Å². The summed E-state index contributed by atoms with van der Waals surface area (Å²) in [5, 5.41) is 0. The summed E-state index contributed by atoms with van der Waals surface area (Å²) < 4.78 is 0.778. The second-order valence-corrected chi connectivity index (χ2v) is 5.93. The molecule has 0 atom stereocenters. The molecular formula is C17H14BrNO2. The van der Waals surface area contributed by atoms with E-state index in [1.165, 1.54) is 0 Å². The largest absolute Gasteiger partial charge is 0.312 e. The second-order valence-electron chi connectivity index (χ2n) is 5.08. The van der Waals surface area contributed by atoms with Gasteiger partial charge in [-0.1, -0.05) is 46.3 Å². The van der Waals surface area contributed by atoms with Crippen LogP contribution in [0.3, 0.4) is 0 Å². The minimum absolute atomic E-state index is 0.00850. The van der Waals surface area contributed by atoms with Crippen LogP contribution in [0.15, 0.2) is 46.9 Å². The Labute approximate surface area is 131 Å². The topological polar surface area (TPSA) is 37.4 Å². The van der Waals surface area contributed by atoms with E-state index in [0.717, 1.165) is 22.1 Å². The number of anilines is 1. The van der Waals surface area contributed by atoms with Crippen molar-refractivity contribution in [3.8, 4) is 0 Å². The number of rotatable bonds is 2. The number of fused-ring (bicyclic) bond motifs is 1. The highest BCUT2D eigenvalue weighted by molar-refractivity contribution is 9.10. The summed E-state index contributed by atoms with van der Waals surface area (Å²) in [7, 11) is 0. The van der Waals surface area contributed by atoms with Crippen molar-refractivity contribution in [1.82, 2.24) is 0 Å². The fraction of sp³-hybridized carbons (Fsp3) is 0.176. The van der Waals surface area contributed by atoms with Gasteiger partial charge in [-0.25, -0.2) is 0 Å². The number of carbonyl (C=O) groups excluding carboxylic acids is 2. The third-order valence-corrected chi connectivity index (χ3v) is 4.38. The van der Waals surface area contributed by atoms with Crippen molar-refractivity contribution in [2.75, 3.05) is 11.4 Å². The van der Waals surface area contributed by atoms with Crippen molar-refractivity contribution in [1.29, 1.82) is 0 Å². The molecule has 106 valence electrons. The van der Waals surface area contributed by atoms with E-state index >= 15 is 0 Å². The molecule has 3 nitrogen and oxygen atoms in total. The molecule has 0 saturated carbocycles. The number of hydrogen-bond acceptors (Lipinski definition) is 2. The zero-order valence-corrected chi connectivity index (χ0v) is 13.2. The van der Waals surface area contributed by atoms with Crippen LogP contribution < -0.4 is 4.90 Å². The zero-order valence-electron chi connectivity index (χ0n) is 11.6. The van der Waals surface area contributed by atoms with Gasteiger partial charge >= 0.3 is 0 Å². The van der Waals surface area contributed by atoms with E-state index in [1.54, 1.807) is 24.0 Å². The minimum Gasteiger partial charge on any atom is -0.312 e. The van der Waals surface area contributed by atoms with E-state index in [9.17, 15) is 9.59 Å². The number of ketones is 1. The maximum absolute atomic E-state index is 12.6. The van der Waals surface area contributed by atoms with E-state index in [0.29, 0.717) is 17.7 Å². The molecule has 0 aliphatic carbocycles. The SMILES string of the molecule is CC(=O)N1CCc2cc(Br)c(C(=O)c3ccccc3)cc21. The van der Waals surface area contributed by atoms with Crippen LogP contribution in [0.5, 0.6) is 0 Å². The average molecular weight is 344 g/mol. The van der Waals surface area contributed by atoms with Crippen LogP contribution in [-0.4, -0.2) is 18.2 Å². The van der Waals surface area contributed by atoms with E-state index in [2.05, 4.69) is 15.9 Å². The molecule has 3 rings (SSSR count). The van der Waals surface area contributed by atoms with E-state index in [4.69, 9.17) is 0 Å². The van der Waals surface area contributed by atoms with E-state index in [-0.39, 0.29) is 11.7 Å². The number of benzene rings is 2. The van der Waals surface area contributed by atoms with Crippen LogP contribution >= 0.6 is 15.9 Å². The number of nitrogens with zero attached hydrogens (tertiary/aromatic N) is 1. The monoisotopic (exact) mass is 343 g/mol. The third kappa shape index (κ3) is 2.51. The first-order valence-corrected chi connectivity index (χ1v) is 7.57. The normalized spacial score (nSPS) is 13.1. The maximum Gasteiger partial charge on any atom is 0.223 e. The Hall–Kier alpha value is -1.94. The lowest BCUT2D eigenvalue weighted by Crippen LogP contribution is -2.25. The molecule has 0 radical (unpaired) electrons. The van der Waals surface area contributed by atoms with Gasteiger partial charge in [-0.2, -0.15) is 0 Å². The summed E-state index contributed by atoms with van der Waals surface area (Å²) in [6.07, 6.45) is 0.827. The third-order valence-electron chi connectivity index (χ3n) is 3.72. The van der Waals surface area contributed by atoms with E-state index in [1.807, 2.05) is 30.3 Å². The Kier molecular flexibility index (Phi) is 3.64. The van der Waals surface area contributed by atoms with Gasteiger partial charge in [0.15, 0.2) is 5.78 Å². The molecule has 0 aromatic heterocycles. The minimum atomic E-state index is -0.0410. The maximum atomic E-state index is 12.6. The summed E-state index contributed by atoms with van der Waals surface area (Å²) in [6, 6.07) is 12.9. The van der Waals surface area contributed by atoms with Gasteiger partial charge in [0.25, 0.3) is 0 Å². The van der Waals surface area contributed by atoms with Crippen LogP contribution in [0.25, 0.3) is 0 Å². The van der Waals surface area contributed by atoms with Crippen LogP contribution in [0.1, 0.15) is 28.4 Å². The molecule has 1 aliphatic heterocycles. The van der Waals surface area contributed by atoms with Gasteiger partial charge in [-0.05, 0) is 24.1 Å². The Bertz CT molecular complexity index is 725. The summed E-state index contributed by atoms with van der Waals surface area (Å²) in [5.41, 5.74) is 3.19. The van der Waals surface area contributed by atoms with Crippen molar-refractivity contribution in [2.24, 2.45) is 0 Å². The Morgan fingerprint density at radius 1 is 1.14 bits per heavy atom. The van der Waals surface area contributed by atoms with Crippen molar-refractivity contribution in [2.45, 2.75) is 13.3 Å². The van der Waals surface area contributed by atoms with Gasteiger partial charge in [0.1, 0.15) is 0 Å². The van der Waals surface area contributed by atoms with Crippen molar-refractivity contribution in [3.05, 3.63) is 63.6 Å². The van der Waals surface area contributed by atoms with Crippen LogP contribution in [0.2, 0.25) is 0 Å². The van der Waals surface area contributed by atoms with Gasteiger partial charge in [0, 0.05) is 34.8 Å². The van der Waals surface area contributed by atoms with Gasteiger partial charge in [0.2, 0.25) is 5.91 Å². The number of amides is 1. The highest BCUT2D eigenvalue weighted by atomic mass is 79.9. The number of carbonyl (C=O) groups is 2. The zero-order chi connectivity index (χ0) is 15.0. The summed E-state index contributed by atoms with van der Waals surface area (Å²) >= 11 is 3.48. The molecular weight excluding hydrogens is 330 g/mol. The second kappa shape index (κ2) is 5.45. The Morgan fingerprint density at radius 2 is 1.86 bits per heavy atom. The molecule has 0 saturated heterocycles. The van der Waals surface area contributed by atoms with Crippen LogP contribution in [0, 0.1) is 0 Å². The highest BCUT2D eigenvalue weighted by Gasteiger charge is 2.25. The fourth-order valence-electron chi connectivity index (χ4n) is 2.65. The molecule has 4 heteroatoms. The smallest absolute Gasteiger partial charge is 0.223 e. The van der Waals surface area contributed by atoms with Gasteiger partial charge < -0.3 is 4.90 Å². The molecule has 0 unspecified atom stereocenters. The predicted octanol–water partition coefficient (Wildman–Crippen LogP) is 3.59. The lowest BCUT2D eigenvalue weighted by atomic mass is 10.0. The average Bonchev–Trinajstić information content (AvgIpc) is 2.89. The predicted molar refractivity (Wildman–Crippen MR) is 85.7 cm³/mol. The molecule has 0 spiro atoms. The summed E-state index contributed by atoms with van der Waals surface area (Å²) in [5.74, 6) is -0.0325. The lowest BCUT2D eigenvalue weighted by Gasteiger charge is -2.16. The molecule has 2 aromatic rings. The first-order chi connectivity index (χ1) is 10.1. The number of hydrogen-bond donors (Lipinski definition) is 0. The van der Waals surface area contributed by atoms with Crippen LogP contribution in [-0.2, 0) is 11.2 Å². The van der Waals surface area contributed by atoms with E-state index < -0.39 is 0 Å². The van der Waals surface area contributed by atoms with Gasteiger partial charge in [-0.15, -0.1) is 0 Å². The molecule has 1 heterocycles. The van der Waals surface area contributed by atoms with Crippen molar-refractivity contribution >= 4 is 33.3 Å². The molecule has 2 aromatic carbocycles. The molecule has 0 N–H and O–H groups in total. The summed E-state index contributed by atoms with van der Waals surface area (Å²) in [4.78, 5) is 26.0. The molecule has 0 fully saturated rings. The highest BCUT2D eigenvalue weighted by Crippen LogP contribution is 2.34. The lowest BCUT2D eigenvalue weighted by molar-refractivity contribution is -0.116. The standard InChI is InChI=1S/C17H14BrNO2/c1-11(20)19-8-7-13-9-15(18)14(10-16(13)19)17(21)12-5-3-2-4-6-12/h2-6,9-10H,7-8H2,1H3. The molecule has 1 aliphatic rings. The first kappa shape index (κ1) is 14.0. The Balaban J connectivity index is 2.07. The van der Waals surface area contributed by atoms with Crippen molar-refractivity contribution in [3.63, 3.8) is 0 Å². The van der Waals surface area contributed by atoms with Crippen LogP contribution in [0.4, 0.5) is 5.69 Å². The molecule has 1 amide bonds. The molecule has 0 bridgehead atoms. The quantitative estimate of drug-likeness (QED) is 0.781. The Morgan fingerprint density at radius 3 is 2.52 bits per heavy atom. The van der Waals surface area contributed by atoms with Gasteiger partial charge in [-0.3, -0.25) is 9.59 Å².